The van der Waals surface area contributed by atoms with E-state index in [1.807, 2.05) is 13.8 Å². The number of hydrogen-bond donors (Lipinski definition) is 1. The number of amides is 1. The highest BCUT2D eigenvalue weighted by molar-refractivity contribution is 6.02. The largest absolute Gasteiger partial charge is 0.355 e. The molecule has 17 heavy (non-hydrogen) atoms. The third-order valence-electron chi connectivity index (χ3n) is 1.33. The number of rotatable bonds is 4. The van der Waals surface area contributed by atoms with Crippen LogP contribution in [0.1, 0.15) is 34.1 Å². The Morgan fingerprint density at radius 3 is 1.76 bits per heavy atom. The normalized spacial score (nSPS) is 9.24. The van der Waals surface area contributed by atoms with Crippen LogP contribution in [-0.2, 0) is 9.59 Å². The molecule has 0 bridgehead atoms. The topological polar surface area (TPSA) is 46.2 Å². The van der Waals surface area contributed by atoms with Gasteiger partial charge in [0.15, 0.2) is 6.29 Å². The third kappa shape index (κ3) is 10.6. The van der Waals surface area contributed by atoms with Gasteiger partial charge >= 0.3 is 0 Å². The Balaban J connectivity index is -0.000000337. The van der Waals surface area contributed by atoms with Crippen molar-refractivity contribution in [3.05, 3.63) is 36.5 Å². The summed E-state index contributed by atoms with van der Waals surface area (Å²) in [4.78, 5) is 21.5. The molecule has 0 radical (unpaired) electrons. The number of carbonyl (C=O) groups excluding carboxylic acids is 2. The van der Waals surface area contributed by atoms with Crippen LogP contribution in [0.4, 0.5) is 0 Å². The first-order valence-corrected chi connectivity index (χ1v) is 5.79. The summed E-state index contributed by atoms with van der Waals surface area (Å²) in [6.45, 7) is 15.1. The number of allylic oxidation sites excluding steroid dienone is 2. The van der Waals surface area contributed by atoms with Gasteiger partial charge < -0.3 is 5.32 Å². The van der Waals surface area contributed by atoms with Gasteiger partial charge in [0.05, 0.1) is 0 Å². The van der Waals surface area contributed by atoms with Gasteiger partial charge in [0, 0.05) is 18.2 Å². The maximum Gasteiger partial charge on any atom is 0.251 e. The lowest BCUT2D eigenvalue weighted by Crippen LogP contribution is -2.20. The highest BCUT2D eigenvalue weighted by atomic mass is 16.1. The molecule has 0 atom stereocenters. The van der Waals surface area contributed by atoms with Crippen LogP contribution in [0, 0.1) is 0 Å². The molecule has 0 aliphatic carbocycles. The maximum absolute atomic E-state index is 11.1. The molecule has 0 saturated heterocycles. The van der Waals surface area contributed by atoms with E-state index in [-0.39, 0.29) is 17.1 Å². The summed E-state index contributed by atoms with van der Waals surface area (Å²) in [6.07, 6.45) is 4.46. The molecule has 3 heteroatoms. The Morgan fingerprint density at radius 2 is 1.59 bits per heavy atom. The van der Waals surface area contributed by atoms with E-state index in [0.29, 0.717) is 6.29 Å². The lowest BCUT2D eigenvalue weighted by atomic mass is 10.1. The Hall–Kier alpha value is -1.64. The SMILES string of the molecule is C=C/C(C=O)=C(\C=C)C(=O)NC.CC.CCC. The molecule has 0 aromatic carbocycles. The molecule has 0 aliphatic heterocycles. The number of likely N-dealkylation sites (N-methyl/N-ethyl adjacent to an activating group) is 1. The predicted molar refractivity (Wildman–Crippen MR) is 74.9 cm³/mol. The molecule has 3 nitrogen and oxygen atoms in total. The van der Waals surface area contributed by atoms with Crippen molar-refractivity contribution in [1.82, 2.24) is 5.32 Å². The van der Waals surface area contributed by atoms with Crippen LogP contribution in [0.3, 0.4) is 0 Å². The highest BCUT2D eigenvalue weighted by Crippen LogP contribution is 2.04. The molecule has 0 spiro atoms. The molecular weight excluding hydrogens is 214 g/mol. The zero-order valence-electron chi connectivity index (χ0n) is 11.7. The third-order valence-corrected chi connectivity index (χ3v) is 1.33. The minimum atomic E-state index is -0.341. The lowest BCUT2D eigenvalue weighted by Gasteiger charge is -2.00. The summed E-state index contributed by atoms with van der Waals surface area (Å²) >= 11 is 0. The summed E-state index contributed by atoms with van der Waals surface area (Å²) in [6, 6.07) is 0. The Bertz CT molecular complexity index is 255. The molecule has 0 aliphatic rings. The average molecular weight is 239 g/mol. The van der Waals surface area contributed by atoms with Crippen molar-refractivity contribution < 1.29 is 9.59 Å². The molecule has 0 heterocycles. The van der Waals surface area contributed by atoms with Crippen LogP contribution in [-0.4, -0.2) is 19.2 Å². The van der Waals surface area contributed by atoms with Gasteiger partial charge in [-0.15, -0.1) is 0 Å². The summed E-state index contributed by atoms with van der Waals surface area (Å²) in [5.74, 6) is -0.341. The van der Waals surface area contributed by atoms with Gasteiger partial charge in [0.25, 0.3) is 5.91 Å². The molecule has 0 unspecified atom stereocenters. The fourth-order valence-corrected chi connectivity index (χ4v) is 0.698. The van der Waals surface area contributed by atoms with Crippen LogP contribution >= 0.6 is 0 Å². The van der Waals surface area contributed by atoms with E-state index in [1.54, 1.807) is 0 Å². The van der Waals surface area contributed by atoms with Crippen molar-refractivity contribution in [2.45, 2.75) is 34.1 Å². The number of carbonyl (C=O) groups is 2. The zero-order valence-corrected chi connectivity index (χ0v) is 11.7. The van der Waals surface area contributed by atoms with Crippen LogP contribution in [0.25, 0.3) is 0 Å². The van der Waals surface area contributed by atoms with Crippen molar-refractivity contribution in [1.29, 1.82) is 0 Å². The van der Waals surface area contributed by atoms with Crippen LogP contribution in [0.5, 0.6) is 0 Å². The minimum Gasteiger partial charge on any atom is -0.355 e. The van der Waals surface area contributed by atoms with Crippen LogP contribution < -0.4 is 5.32 Å². The van der Waals surface area contributed by atoms with E-state index in [1.165, 1.54) is 25.6 Å². The molecule has 0 saturated carbocycles. The second-order valence-electron chi connectivity index (χ2n) is 2.68. The minimum absolute atomic E-state index is 0.238. The van der Waals surface area contributed by atoms with Gasteiger partial charge in [-0.25, -0.2) is 0 Å². The Morgan fingerprint density at radius 1 is 1.18 bits per heavy atom. The quantitative estimate of drug-likeness (QED) is 0.465. The average Bonchev–Trinajstić information content (AvgIpc) is 2.38. The highest BCUT2D eigenvalue weighted by Gasteiger charge is 2.06. The molecule has 0 fully saturated rings. The fraction of sp³-hybridized carbons (Fsp3) is 0.429. The second kappa shape index (κ2) is 16.8. The number of nitrogens with one attached hydrogen (secondary N) is 1. The van der Waals surface area contributed by atoms with Gasteiger partial charge in [0.2, 0.25) is 0 Å². The molecule has 0 rings (SSSR count). The number of hydrogen-bond acceptors (Lipinski definition) is 2. The smallest absolute Gasteiger partial charge is 0.251 e. The van der Waals surface area contributed by atoms with Gasteiger partial charge in [0.1, 0.15) is 0 Å². The molecule has 1 N–H and O–H groups in total. The van der Waals surface area contributed by atoms with Gasteiger partial charge in [-0.3, -0.25) is 9.59 Å². The van der Waals surface area contributed by atoms with E-state index < -0.39 is 0 Å². The molecule has 0 aromatic rings. The van der Waals surface area contributed by atoms with Crippen LogP contribution in [0.15, 0.2) is 36.5 Å². The van der Waals surface area contributed by atoms with Crippen molar-refractivity contribution in [3.8, 4) is 0 Å². The fourth-order valence-electron chi connectivity index (χ4n) is 0.698. The summed E-state index contributed by atoms with van der Waals surface area (Å²) in [5, 5.41) is 2.39. The lowest BCUT2D eigenvalue weighted by molar-refractivity contribution is -0.117. The van der Waals surface area contributed by atoms with Crippen molar-refractivity contribution in [2.24, 2.45) is 0 Å². The Labute approximate surface area is 105 Å². The maximum atomic E-state index is 11.1. The first-order valence-electron chi connectivity index (χ1n) is 5.79. The van der Waals surface area contributed by atoms with E-state index in [2.05, 4.69) is 32.3 Å². The second-order valence-corrected chi connectivity index (χ2v) is 2.68. The summed E-state index contributed by atoms with van der Waals surface area (Å²) in [5.41, 5.74) is 0.479. The van der Waals surface area contributed by atoms with Crippen LogP contribution in [0.2, 0.25) is 0 Å². The van der Waals surface area contributed by atoms with E-state index in [0.717, 1.165) is 0 Å². The summed E-state index contributed by atoms with van der Waals surface area (Å²) in [7, 11) is 1.48. The molecule has 98 valence electrons. The molecular formula is C14H25NO2. The van der Waals surface area contributed by atoms with E-state index in [4.69, 9.17) is 0 Å². The summed E-state index contributed by atoms with van der Waals surface area (Å²) < 4.78 is 0. The van der Waals surface area contributed by atoms with Gasteiger partial charge in [-0.1, -0.05) is 59.4 Å². The van der Waals surface area contributed by atoms with Crippen molar-refractivity contribution in [2.75, 3.05) is 7.05 Å². The predicted octanol–water partition coefficient (Wildman–Crippen LogP) is 3.04. The zero-order chi connectivity index (χ0) is 14.3. The van der Waals surface area contributed by atoms with Gasteiger partial charge in [-0.05, 0) is 0 Å². The van der Waals surface area contributed by atoms with Gasteiger partial charge in [-0.2, -0.15) is 0 Å². The van der Waals surface area contributed by atoms with Crippen molar-refractivity contribution in [3.63, 3.8) is 0 Å². The van der Waals surface area contributed by atoms with E-state index in [9.17, 15) is 9.59 Å². The van der Waals surface area contributed by atoms with E-state index >= 15 is 0 Å². The first kappa shape index (κ1) is 20.7. The first-order chi connectivity index (χ1) is 8.12. The Kier molecular flexibility index (Phi) is 20.5. The van der Waals surface area contributed by atoms with Crippen molar-refractivity contribution >= 4 is 12.2 Å². The standard InChI is InChI=1S/C9H11NO2.C3H8.C2H6/c1-4-7(6-11)8(5-2)9(12)10-3;1-3-2;1-2/h4-6H,1-2H2,3H3,(H,10,12);3H2,1-2H3;1-2H3/b8-7-;;. The number of aldehydes is 1. The molecule has 0 aromatic heterocycles. The molecule has 1 amide bonds. The monoisotopic (exact) mass is 239 g/mol.